The molecular formula is C12H20N2O. The van der Waals surface area contributed by atoms with Crippen LogP contribution in [0.3, 0.4) is 0 Å². The highest BCUT2D eigenvalue weighted by atomic mass is 16.1. The number of likely N-dealkylation sites (tertiary alicyclic amines) is 2. The highest BCUT2D eigenvalue weighted by Gasteiger charge is 2.46. The van der Waals surface area contributed by atoms with E-state index in [1.807, 2.05) is 0 Å². The second-order valence-corrected chi connectivity index (χ2v) is 5.87. The highest BCUT2D eigenvalue weighted by molar-refractivity contribution is 5.85. The van der Waals surface area contributed by atoms with Crippen LogP contribution in [0.4, 0.5) is 0 Å². The molecule has 0 aromatic carbocycles. The molecule has 0 bridgehead atoms. The Kier molecular flexibility index (Phi) is 2.15. The van der Waals surface area contributed by atoms with E-state index < -0.39 is 0 Å². The zero-order valence-corrected chi connectivity index (χ0v) is 9.54. The van der Waals surface area contributed by atoms with Gasteiger partial charge in [-0.05, 0) is 32.9 Å². The van der Waals surface area contributed by atoms with Gasteiger partial charge in [-0.15, -0.1) is 0 Å². The first kappa shape index (κ1) is 9.79. The van der Waals surface area contributed by atoms with Crippen molar-refractivity contribution < 1.29 is 4.79 Å². The second kappa shape index (κ2) is 3.29. The molecular weight excluding hydrogens is 188 g/mol. The third kappa shape index (κ3) is 1.83. The topological polar surface area (TPSA) is 23.6 Å². The molecule has 1 spiro atoms. The highest BCUT2D eigenvalue weighted by Crippen LogP contribution is 2.39. The molecule has 0 N–H and O–H groups in total. The van der Waals surface area contributed by atoms with Crippen LogP contribution in [0.1, 0.15) is 19.3 Å². The lowest BCUT2D eigenvalue weighted by atomic mass is 9.79. The van der Waals surface area contributed by atoms with Gasteiger partial charge >= 0.3 is 0 Å². The van der Waals surface area contributed by atoms with Crippen molar-refractivity contribution in [3.8, 4) is 0 Å². The first-order valence-electron chi connectivity index (χ1n) is 6.11. The molecule has 3 rings (SSSR count). The lowest BCUT2D eigenvalue weighted by molar-refractivity contribution is -0.121. The van der Waals surface area contributed by atoms with Gasteiger partial charge in [-0.1, -0.05) is 0 Å². The van der Waals surface area contributed by atoms with Crippen LogP contribution < -0.4 is 0 Å². The Morgan fingerprint density at radius 2 is 2.07 bits per heavy atom. The molecule has 2 saturated heterocycles. The number of nitrogens with zero attached hydrogens (tertiary/aromatic N) is 2. The predicted octanol–water partition coefficient (Wildman–Crippen LogP) is 0.603. The Labute approximate surface area is 91.4 Å². The second-order valence-electron chi connectivity index (χ2n) is 5.87. The van der Waals surface area contributed by atoms with Crippen molar-refractivity contribution in [2.45, 2.75) is 19.3 Å². The fourth-order valence-corrected chi connectivity index (χ4v) is 3.27. The van der Waals surface area contributed by atoms with Gasteiger partial charge in [0.1, 0.15) is 5.78 Å². The summed E-state index contributed by atoms with van der Waals surface area (Å²) >= 11 is 0. The largest absolute Gasteiger partial charge is 0.305 e. The molecule has 84 valence electrons. The zero-order valence-electron chi connectivity index (χ0n) is 9.54. The maximum absolute atomic E-state index is 11.7. The van der Waals surface area contributed by atoms with Gasteiger partial charge in [-0.25, -0.2) is 0 Å². The molecule has 1 saturated carbocycles. The Balaban J connectivity index is 1.51. The summed E-state index contributed by atoms with van der Waals surface area (Å²) in [6.45, 7) is 5.51. The molecule has 0 amide bonds. The van der Waals surface area contributed by atoms with Crippen LogP contribution in [0.2, 0.25) is 0 Å². The molecule has 0 aromatic heterocycles. The van der Waals surface area contributed by atoms with Crippen molar-refractivity contribution in [1.82, 2.24) is 9.80 Å². The van der Waals surface area contributed by atoms with Gasteiger partial charge in [0.05, 0.1) is 6.54 Å². The van der Waals surface area contributed by atoms with E-state index in [2.05, 4.69) is 16.8 Å². The Bertz CT molecular complexity index is 279. The lowest BCUT2D eigenvalue weighted by Crippen LogP contribution is -2.55. The molecule has 3 nitrogen and oxygen atoms in total. The molecule has 0 radical (unpaired) electrons. The van der Waals surface area contributed by atoms with Crippen molar-refractivity contribution in [2.24, 2.45) is 11.3 Å². The number of Topliss-reactive ketones (excluding diaryl/α,β-unsaturated/α-hetero) is 1. The predicted molar refractivity (Wildman–Crippen MR) is 58.7 cm³/mol. The lowest BCUT2D eigenvalue weighted by Gasteiger charge is -2.46. The maximum Gasteiger partial charge on any atom is 0.149 e. The van der Waals surface area contributed by atoms with Crippen LogP contribution in [0.15, 0.2) is 0 Å². The van der Waals surface area contributed by atoms with Crippen LogP contribution in [0.25, 0.3) is 0 Å². The summed E-state index contributed by atoms with van der Waals surface area (Å²) in [5.41, 5.74) is 0.554. The van der Waals surface area contributed by atoms with Crippen LogP contribution in [-0.2, 0) is 4.79 Å². The average Bonchev–Trinajstić information content (AvgIpc) is 2.90. The molecule has 15 heavy (non-hydrogen) atoms. The zero-order chi connectivity index (χ0) is 10.5. The van der Waals surface area contributed by atoms with Gasteiger partial charge in [0.15, 0.2) is 0 Å². The van der Waals surface area contributed by atoms with Crippen molar-refractivity contribution in [1.29, 1.82) is 0 Å². The van der Waals surface area contributed by atoms with Crippen LogP contribution in [0.5, 0.6) is 0 Å². The summed E-state index contributed by atoms with van der Waals surface area (Å²) in [7, 11) is 2.18. The SMILES string of the molecule is CN1CC2(CCN(CC(=O)C3CC3)C2)C1. The summed E-state index contributed by atoms with van der Waals surface area (Å²) in [5, 5.41) is 0. The minimum atomic E-state index is 0.436. The normalized spacial score (nSPS) is 30.7. The number of carbonyl (C=O) groups is 1. The van der Waals surface area contributed by atoms with E-state index in [9.17, 15) is 4.79 Å². The molecule has 3 aliphatic rings. The molecule has 3 fully saturated rings. The van der Waals surface area contributed by atoms with E-state index in [0.717, 1.165) is 32.5 Å². The van der Waals surface area contributed by atoms with E-state index in [1.54, 1.807) is 0 Å². The number of hydrogen-bond acceptors (Lipinski definition) is 3. The van der Waals surface area contributed by atoms with Gasteiger partial charge in [-0.3, -0.25) is 9.69 Å². The minimum Gasteiger partial charge on any atom is -0.305 e. The van der Waals surface area contributed by atoms with E-state index in [-0.39, 0.29) is 0 Å². The van der Waals surface area contributed by atoms with Crippen LogP contribution in [-0.4, -0.2) is 55.4 Å². The van der Waals surface area contributed by atoms with Gasteiger partial charge < -0.3 is 4.90 Å². The first-order chi connectivity index (χ1) is 7.17. The summed E-state index contributed by atoms with van der Waals surface area (Å²) in [4.78, 5) is 16.5. The van der Waals surface area contributed by atoms with E-state index in [0.29, 0.717) is 17.1 Å². The van der Waals surface area contributed by atoms with Crippen molar-refractivity contribution in [3.63, 3.8) is 0 Å². The number of carbonyl (C=O) groups excluding carboxylic acids is 1. The standard InChI is InChI=1S/C12H20N2O/c1-13-7-12(8-13)4-5-14(9-12)6-11(15)10-2-3-10/h10H,2-9H2,1H3. The Morgan fingerprint density at radius 1 is 1.33 bits per heavy atom. The third-order valence-electron chi connectivity index (χ3n) is 4.14. The van der Waals surface area contributed by atoms with E-state index >= 15 is 0 Å². The molecule has 2 heterocycles. The third-order valence-corrected chi connectivity index (χ3v) is 4.14. The van der Waals surface area contributed by atoms with Crippen LogP contribution >= 0.6 is 0 Å². The van der Waals surface area contributed by atoms with Crippen molar-refractivity contribution >= 4 is 5.78 Å². The van der Waals surface area contributed by atoms with Crippen LogP contribution in [0, 0.1) is 11.3 Å². The van der Waals surface area contributed by atoms with Gasteiger partial charge in [-0.2, -0.15) is 0 Å². The molecule has 3 heteroatoms. The van der Waals surface area contributed by atoms with Gasteiger partial charge in [0, 0.05) is 31.0 Å². The fraction of sp³-hybridized carbons (Fsp3) is 0.917. The Hall–Kier alpha value is -0.410. The smallest absolute Gasteiger partial charge is 0.149 e. The Morgan fingerprint density at radius 3 is 2.67 bits per heavy atom. The molecule has 0 atom stereocenters. The van der Waals surface area contributed by atoms with Gasteiger partial charge in [0.25, 0.3) is 0 Å². The van der Waals surface area contributed by atoms with E-state index in [1.165, 1.54) is 19.5 Å². The summed E-state index contributed by atoms with van der Waals surface area (Å²) in [5.74, 6) is 0.936. The minimum absolute atomic E-state index is 0.436. The maximum atomic E-state index is 11.7. The molecule has 2 aliphatic heterocycles. The van der Waals surface area contributed by atoms with E-state index in [4.69, 9.17) is 0 Å². The monoisotopic (exact) mass is 208 g/mol. The number of rotatable bonds is 3. The van der Waals surface area contributed by atoms with Gasteiger partial charge in [0.2, 0.25) is 0 Å². The molecule has 0 unspecified atom stereocenters. The number of ketones is 1. The van der Waals surface area contributed by atoms with Crippen molar-refractivity contribution in [3.05, 3.63) is 0 Å². The summed E-state index contributed by atoms with van der Waals surface area (Å²) < 4.78 is 0. The summed E-state index contributed by atoms with van der Waals surface area (Å²) in [6, 6.07) is 0. The first-order valence-corrected chi connectivity index (χ1v) is 6.11. The molecule has 1 aliphatic carbocycles. The molecule has 0 aromatic rings. The number of hydrogen-bond donors (Lipinski definition) is 0. The van der Waals surface area contributed by atoms with Crippen molar-refractivity contribution in [2.75, 3.05) is 39.8 Å². The summed E-state index contributed by atoms with van der Waals surface area (Å²) in [6.07, 6.45) is 3.61. The fourth-order valence-electron chi connectivity index (χ4n) is 3.27. The average molecular weight is 208 g/mol. The quantitative estimate of drug-likeness (QED) is 0.678.